The fourth-order valence-corrected chi connectivity index (χ4v) is 3.74. The number of ether oxygens (including phenoxy) is 1. The number of aromatic hydroxyl groups is 1. The Hall–Kier alpha value is -3.57. The molecule has 0 bridgehead atoms. The van der Waals surface area contributed by atoms with E-state index in [4.69, 9.17) is 20.8 Å². The highest BCUT2D eigenvalue weighted by Gasteiger charge is 2.27. The SMILES string of the molecule is COc1ccc([C@H](CC(=O)c2ccc(Cl)cc2)c2c(O)c3ccccc3oc2=O)cc1. The number of hydrogen-bond acceptors (Lipinski definition) is 5. The van der Waals surface area contributed by atoms with E-state index in [1.54, 1.807) is 79.9 Å². The van der Waals surface area contributed by atoms with Gasteiger partial charge in [0.15, 0.2) is 5.78 Å². The average molecular weight is 435 g/mol. The van der Waals surface area contributed by atoms with Crippen LogP contribution in [0.2, 0.25) is 5.02 Å². The summed E-state index contributed by atoms with van der Waals surface area (Å²) < 4.78 is 10.7. The number of fused-ring (bicyclic) bond motifs is 1. The van der Waals surface area contributed by atoms with Crippen LogP contribution < -0.4 is 10.4 Å². The van der Waals surface area contributed by atoms with E-state index in [2.05, 4.69) is 0 Å². The summed E-state index contributed by atoms with van der Waals surface area (Å²) >= 11 is 5.93. The van der Waals surface area contributed by atoms with Crippen LogP contribution in [0.5, 0.6) is 11.5 Å². The van der Waals surface area contributed by atoms with Gasteiger partial charge in [0.25, 0.3) is 0 Å². The Labute approximate surface area is 183 Å². The fourth-order valence-electron chi connectivity index (χ4n) is 3.62. The molecule has 0 fully saturated rings. The molecule has 0 radical (unpaired) electrons. The first-order valence-corrected chi connectivity index (χ1v) is 10.0. The standard InChI is InChI=1S/C25H19ClO5/c1-30-18-12-8-15(9-13-18)20(14-21(27)16-6-10-17(26)11-7-16)23-24(28)19-4-2-3-5-22(19)31-25(23)29/h2-13,20,28H,14H2,1H3/t20-/m0/s1. The number of benzene rings is 3. The zero-order valence-electron chi connectivity index (χ0n) is 16.7. The normalized spacial score (nSPS) is 11.9. The molecule has 1 aromatic heterocycles. The molecule has 1 N–H and O–H groups in total. The van der Waals surface area contributed by atoms with Gasteiger partial charge in [-0.25, -0.2) is 4.79 Å². The van der Waals surface area contributed by atoms with Crippen LogP contribution >= 0.6 is 11.6 Å². The van der Waals surface area contributed by atoms with Gasteiger partial charge in [-0.05, 0) is 54.1 Å². The fraction of sp³-hybridized carbons (Fsp3) is 0.120. The van der Waals surface area contributed by atoms with Crippen molar-refractivity contribution in [3.8, 4) is 11.5 Å². The van der Waals surface area contributed by atoms with Gasteiger partial charge in [0.2, 0.25) is 0 Å². The van der Waals surface area contributed by atoms with Gasteiger partial charge >= 0.3 is 5.63 Å². The molecule has 0 aliphatic rings. The lowest BCUT2D eigenvalue weighted by Crippen LogP contribution is -2.17. The van der Waals surface area contributed by atoms with Crippen molar-refractivity contribution in [2.45, 2.75) is 12.3 Å². The summed E-state index contributed by atoms with van der Waals surface area (Å²) in [5.74, 6) is -0.447. The number of para-hydroxylation sites is 1. The molecule has 0 saturated carbocycles. The third-order valence-corrected chi connectivity index (χ3v) is 5.49. The Morgan fingerprint density at radius 1 is 1.03 bits per heavy atom. The zero-order chi connectivity index (χ0) is 22.0. The smallest absolute Gasteiger partial charge is 0.343 e. The van der Waals surface area contributed by atoms with E-state index in [0.717, 1.165) is 0 Å². The Balaban J connectivity index is 1.84. The van der Waals surface area contributed by atoms with Gasteiger partial charge in [0, 0.05) is 22.9 Å². The summed E-state index contributed by atoms with van der Waals surface area (Å²) in [7, 11) is 1.56. The average Bonchev–Trinajstić information content (AvgIpc) is 2.79. The van der Waals surface area contributed by atoms with Crippen LogP contribution in [0.25, 0.3) is 11.0 Å². The van der Waals surface area contributed by atoms with Crippen LogP contribution in [0.3, 0.4) is 0 Å². The van der Waals surface area contributed by atoms with E-state index in [9.17, 15) is 14.7 Å². The highest BCUT2D eigenvalue weighted by Crippen LogP contribution is 2.37. The third-order valence-electron chi connectivity index (χ3n) is 5.24. The van der Waals surface area contributed by atoms with Crippen LogP contribution in [0.1, 0.15) is 33.8 Å². The number of carbonyl (C=O) groups is 1. The maximum absolute atomic E-state index is 13.0. The molecule has 0 saturated heterocycles. The first-order chi connectivity index (χ1) is 15.0. The molecular formula is C25H19ClO5. The van der Waals surface area contributed by atoms with Crippen molar-refractivity contribution < 1.29 is 19.1 Å². The van der Waals surface area contributed by atoms with Crippen molar-refractivity contribution in [1.82, 2.24) is 0 Å². The van der Waals surface area contributed by atoms with E-state index >= 15 is 0 Å². The molecule has 3 aromatic carbocycles. The summed E-state index contributed by atoms with van der Waals surface area (Å²) in [6.45, 7) is 0. The second kappa shape index (κ2) is 8.66. The van der Waals surface area contributed by atoms with Gasteiger partial charge < -0.3 is 14.3 Å². The van der Waals surface area contributed by atoms with Gasteiger partial charge in [-0.15, -0.1) is 0 Å². The second-order valence-electron chi connectivity index (χ2n) is 7.11. The molecule has 1 atom stereocenters. The molecule has 0 aliphatic carbocycles. The molecule has 0 amide bonds. The molecule has 5 nitrogen and oxygen atoms in total. The number of rotatable bonds is 6. The Morgan fingerprint density at radius 3 is 2.39 bits per heavy atom. The van der Waals surface area contributed by atoms with Crippen LogP contribution in [0.15, 0.2) is 82.0 Å². The van der Waals surface area contributed by atoms with E-state index in [1.807, 2.05) is 0 Å². The largest absolute Gasteiger partial charge is 0.507 e. The summed E-state index contributed by atoms with van der Waals surface area (Å²) in [4.78, 5) is 25.9. The van der Waals surface area contributed by atoms with Gasteiger partial charge in [-0.2, -0.15) is 0 Å². The molecule has 0 spiro atoms. The predicted molar refractivity (Wildman–Crippen MR) is 119 cm³/mol. The number of halogens is 1. The monoisotopic (exact) mass is 434 g/mol. The lowest BCUT2D eigenvalue weighted by Gasteiger charge is -2.18. The van der Waals surface area contributed by atoms with Crippen molar-refractivity contribution >= 4 is 28.4 Å². The lowest BCUT2D eigenvalue weighted by molar-refractivity contribution is 0.0977. The summed E-state index contributed by atoms with van der Waals surface area (Å²) in [5.41, 5.74) is 0.798. The van der Waals surface area contributed by atoms with E-state index in [-0.39, 0.29) is 29.1 Å². The van der Waals surface area contributed by atoms with Crippen LogP contribution in [-0.4, -0.2) is 18.0 Å². The number of Topliss-reactive ketones (excluding diaryl/α,β-unsaturated/α-hetero) is 1. The molecule has 4 aromatic rings. The quantitative estimate of drug-likeness (QED) is 0.317. The highest BCUT2D eigenvalue weighted by atomic mass is 35.5. The van der Waals surface area contributed by atoms with Crippen molar-refractivity contribution in [2.75, 3.05) is 7.11 Å². The Kier molecular flexibility index (Phi) is 5.78. The molecule has 156 valence electrons. The van der Waals surface area contributed by atoms with Crippen LogP contribution in [0, 0.1) is 0 Å². The molecular weight excluding hydrogens is 416 g/mol. The molecule has 0 unspecified atom stereocenters. The minimum Gasteiger partial charge on any atom is -0.507 e. The third kappa shape index (κ3) is 4.18. The van der Waals surface area contributed by atoms with E-state index in [0.29, 0.717) is 27.3 Å². The number of hydrogen-bond donors (Lipinski definition) is 1. The van der Waals surface area contributed by atoms with Crippen LogP contribution in [0.4, 0.5) is 0 Å². The predicted octanol–water partition coefficient (Wildman–Crippen LogP) is 5.57. The molecule has 6 heteroatoms. The topological polar surface area (TPSA) is 76.7 Å². The maximum atomic E-state index is 13.0. The molecule has 4 rings (SSSR count). The van der Waals surface area contributed by atoms with Crippen molar-refractivity contribution in [3.63, 3.8) is 0 Å². The van der Waals surface area contributed by atoms with Gasteiger partial charge in [0.05, 0.1) is 18.1 Å². The molecule has 0 aliphatic heterocycles. The lowest BCUT2D eigenvalue weighted by atomic mass is 9.85. The zero-order valence-corrected chi connectivity index (χ0v) is 17.4. The highest BCUT2D eigenvalue weighted by molar-refractivity contribution is 6.30. The summed E-state index contributed by atoms with van der Waals surface area (Å²) in [6.07, 6.45) is -0.0371. The number of carbonyl (C=O) groups excluding carboxylic acids is 1. The molecule has 1 heterocycles. The minimum absolute atomic E-state index is 0.0371. The van der Waals surface area contributed by atoms with Crippen LogP contribution in [-0.2, 0) is 0 Å². The van der Waals surface area contributed by atoms with E-state index in [1.165, 1.54) is 0 Å². The number of ketones is 1. The van der Waals surface area contributed by atoms with Crippen molar-refractivity contribution in [2.24, 2.45) is 0 Å². The second-order valence-corrected chi connectivity index (χ2v) is 7.54. The first kappa shape index (κ1) is 20.7. The van der Waals surface area contributed by atoms with Crippen molar-refractivity contribution in [1.29, 1.82) is 0 Å². The summed E-state index contributed by atoms with van der Waals surface area (Å²) in [5, 5.41) is 11.9. The number of methoxy groups -OCH3 is 1. The summed E-state index contributed by atoms with van der Waals surface area (Å²) in [6, 6.07) is 20.3. The van der Waals surface area contributed by atoms with Gasteiger partial charge in [-0.1, -0.05) is 35.9 Å². The maximum Gasteiger partial charge on any atom is 0.343 e. The first-order valence-electron chi connectivity index (χ1n) is 9.65. The Morgan fingerprint density at radius 2 is 1.71 bits per heavy atom. The van der Waals surface area contributed by atoms with Gasteiger partial charge in [-0.3, -0.25) is 4.79 Å². The van der Waals surface area contributed by atoms with Gasteiger partial charge in [0.1, 0.15) is 17.1 Å². The minimum atomic E-state index is -0.713. The van der Waals surface area contributed by atoms with Crippen molar-refractivity contribution in [3.05, 3.63) is 105 Å². The van der Waals surface area contributed by atoms with E-state index < -0.39 is 11.5 Å². The molecule has 31 heavy (non-hydrogen) atoms. The Bertz CT molecular complexity index is 1290.